The minimum absolute atomic E-state index is 0. The summed E-state index contributed by atoms with van der Waals surface area (Å²) in [6.45, 7) is 6.50. The molecule has 0 radical (unpaired) electrons. The quantitative estimate of drug-likeness (QED) is 0.291. The zero-order valence-electron chi connectivity index (χ0n) is 6.00. The van der Waals surface area contributed by atoms with E-state index >= 15 is 0 Å². The average Bonchev–Trinajstić information content (AvgIpc) is 0.918. The van der Waals surface area contributed by atoms with Crippen LogP contribution < -0.4 is 68.5 Å². The van der Waals surface area contributed by atoms with E-state index in [9.17, 15) is 0 Å². The van der Waals surface area contributed by atoms with Gasteiger partial charge in [0, 0.05) is 0 Å². The number of hydrogen-bond donors (Lipinski definition) is 0. The maximum atomic E-state index is 3.25. The third-order valence-corrected chi connectivity index (χ3v) is 0. The van der Waals surface area contributed by atoms with Crippen LogP contribution in [0.15, 0.2) is 12.7 Å². The predicted molar refractivity (Wildman–Crippen MR) is 16.7 cm³/mol. The van der Waals surface area contributed by atoms with Crippen molar-refractivity contribution in [2.75, 3.05) is 0 Å². The molecule has 0 saturated carbocycles. The molecule has 0 atom stereocenters. The maximum Gasteiger partial charge on any atom is 4.00 e. The fraction of sp³-hybridized carbons (Fsp3) is 0. The molecule has 0 amide bonds. The van der Waals surface area contributed by atoms with E-state index in [1.165, 1.54) is 6.08 Å². The van der Waals surface area contributed by atoms with Crippen LogP contribution in [0.5, 0.6) is 0 Å². The van der Waals surface area contributed by atoms with Crippen molar-refractivity contribution in [3.05, 3.63) is 19.6 Å². The normalized spacial score (nSPS) is 1.33. The molecule has 6 heteroatoms. The van der Waals surface area contributed by atoms with Crippen molar-refractivity contribution in [1.29, 1.82) is 0 Å². The monoisotopic (exact) mass is 237 g/mol. The Bertz CT molecular complexity index is 28.0. The first kappa shape index (κ1) is 67.6. The minimum Gasteiger partial charge on any atom is -1.00 e. The summed E-state index contributed by atoms with van der Waals surface area (Å²) in [6.07, 6.45) is 1.50. The molecule has 0 saturated heterocycles. The zero-order valence-corrected chi connectivity index (χ0v) is 9.59. The second-order valence-corrected chi connectivity index (χ2v) is 0.289. The van der Waals surface area contributed by atoms with E-state index in [4.69, 9.17) is 0 Å². The molecule has 0 heterocycles. The topological polar surface area (TPSA) is 0 Å². The summed E-state index contributed by atoms with van der Waals surface area (Å²) in [7, 11) is 0. The van der Waals surface area contributed by atoms with Crippen LogP contribution in [0.4, 0.5) is 0 Å². The van der Waals surface area contributed by atoms with Crippen LogP contribution >= 0.6 is 0 Å². The van der Waals surface area contributed by atoms with Crippen molar-refractivity contribution in [3.63, 3.8) is 0 Å². The van der Waals surface area contributed by atoms with Crippen molar-refractivity contribution in [3.8, 4) is 0 Å². The molecule has 52 valence electrons. The number of halogens is 4. The van der Waals surface area contributed by atoms with Crippen LogP contribution in [0, 0.1) is 6.92 Å². The second kappa shape index (κ2) is 87.6. The molecule has 0 N–H and O–H groups in total. The van der Waals surface area contributed by atoms with E-state index < -0.39 is 0 Å². The van der Waals surface area contributed by atoms with Gasteiger partial charge in [0.25, 0.3) is 0 Å². The van der Waals surface area contributed by atoms with Gasteiger partial charge in [0.15, 0.2) is 0 Å². The van der Waals surface area contributed by atoms with E-state index in [1.54, 1.807) is 0 Å². The first-order chi connectivity index (χ1) is 1.41. The van der Waals surface area contributed by atoms with Crippen molar-refractivity contribution >= 4 is 0 Å². The molecule has 0 aliphatic heterocycles. The first-order valence-electron chi connectivity index (χ1n) is 0.816. The summed E-state index contributed by atoms with van der Waals surface area (Å²) in [5.74, 6) is 0. The molecule has 9 heavy (non-hydrogen) atoms. The van der Waals surface area contributed by atoms with Crippen molar-refractivity contribution in [1.82, 2.24) is 0 Å². The van der Waals surface area contributed by atoms with Gasteiger partial charge in [-0.1, -0.05) is 0 Å². The Morgan fingerprint density at radius 1 is 1.11 bits per heavy atom. The Balaban J connectivity index is -0.000000000952. The van der Waals surface area contributed by atoms with E-state index in [0.29, 0.717) is 0 Å². The Labute approximate surface area is 110 Å². The summed E-state index contributed by atoms with van der Waals surface area (Å²) in [6, 6.07) is 0. The second-order valence-electron chi connectivity index (χ2n) is 0.289. The molecule has 0 rings (SSSR count). The molecular formula is C3H6Cl4LiTi-. The fourth-order valence-electron chi connectivity index (χ4n) is 0. The summed E-state index contributed by atoms with van der Waals surface area (Å²) in [4.78, 5) is 0. The molecule has 0 nitrogen and oxygen atoms in total. The van der Waals surface area contributed by atoms with Crippen molar-refractivity contribution in [2.45, 2.75) is 0 Å². The standard InChI is InChI=1S/C3H5.4ClH.Li.Ti.H/c1-3-2;;;;;;;/h3H,1-2H2;4*1H;;;/q-1;;;;;+1;+4;-1/p-4. The maximum absolute atomic E-state index is 3.25. The molecule has 0 bridgehead atoms. The Kier molecular flexibility index (Phi) is 658. The van der Waals surface area contributed by atoms with Crippen LogP contribution in [0.3, 0.4) is 0 Å². The molecular weight excluding hydrogens is 233 g/mol. The zero-order chi connectivity index (χ0) is 2.71. The summed E-state index contributed by atoms with van der Waals surface area (Å²) >= 11 is 0. The van der Waals surface area contributed by atoms with Gasteiger partial charge in [0.1, 0.15) is 0 Å². The Hall–Kier alpha value is 2.08. The number of allylic oxidation sites excluding steroid dienone is 1. The Morgan fingerprint density at radius 2 is 1.11 bits per heavy atom. The van der Waals surface area contributed by atoms with Crippen LogP contribution in [-0.4, -0.2) is 0 Å². The van der Waals surface area contributed by atoms with Crippen molar-refractivity contribution in [2.24, 2.45) is 0 Å². The van der Waals surface area contributed by atoms with Gasteiger partial charge in [-0.3, -0.25) is 0 Å². The molecule has 0 aliphatic carbocycles. The van der Waals surface area contributed by atoms with Gasteiger partial charge in [0.05, 0.1) is 0 Å². The van der Waals surface area contributed by atoms with E-state index in [0.717, 1.165) is 0 Å². The molecule has 0 unspecified atom stereocenters. The molecule has 0 aromatic carbocycles. The summed E-state index contributed by atoms with van der Waals surface area (Å²) < 4.78 is 0. The van der Waals surface area contributed by atoms with E-state index in [2.05, 4.69) is 13.5 Å². The SMILES string of the molecule is C=C[CH2-].[Cl-].[Cl-].[Cl-].[Cl-].[H-].[Li+].[Ti+4]. The van der Waals surface area contributed by atoms with Gasteiger partial charge in [0.2, 0.25) is 0 Å². The number of hydrogen-bond acceptors (Lipinski definition) is 0. The first-order valence-corrected chi connectivity index (χ1v) is 0.816. The third kappa shape index (κ3) is 152. The molecule has 0 aromatic rings. The third-order valence-electron chi connectivity index (χ3n) is 0. The van der Waals surface area contributed by atoms with Gasteiger partial charge in [-0.05, 0) is 0 Å². The fourth-order valence-corrected chi connectivity index (χ4v) is 0. The van der Waals surface area contributed by atoms with Crippen LogP contribution in [0.2, 0.25) is 0 Å². The van der Waals surface area contributed by atoms with Crippen molar-refractivity contribution < 1.29 is 91.6 Å². The van der Waals surface area contributed by atoms with Gasteiger partial charge >= 0.3 is 40.6 Å². The average molecular weight is 239 g/mol. The molecule has 0 fully saturated rings. The predicted octanol–water partition coefficient (Wildman–Crippen LogP) is -13.9. The van der Waals surface area contributed by atoms with Crippen LogP contribution in [0.1, 0.15) is 1.43 Å². The van der Waals surface area contributed by atoms with Gasteiger partial charge in [-0.2, -0.15) is 0 Å². The Morgan fingerprint density at radius 3 is 1.11 bits per heavy atom. The van der Waals surface area contributed by atoms with Gasteiger partial charge < -0.3 is 51.1 Å². The van der Waals surface area contributed by atoms with Crippen LogP contribution in [-0.2, 0) is 21.7 Å². The molecule has 0 spiro atoms. The smallest absolute Gasteiger partial charge is 1.00 e. The summed E-state index contributed by atoms with van der Waals surface area (Å²) in [5.41, 5.74) is 0. The minimum atomic E-state index is 0. The van der Waals surface area contributed by atoms with E-state index in [-0.39, 0.29) is 91.6 Å². The van der Waals surface area contributed by atoms with E-state index in [1.807, 2.05) is 0 Å². The number of rotatable bonds is 0. The van der Waals surface area contributed by atoms with Gasteiger partial charge in [-0.25, -0.2) is 19.6 Å². The largest absolute Gasteiger partial charge is 4.00 e. The molecule has 0 aliphatic rings. The van der Waals surface area contributed by atoms with Gasteiger partial charge in [-0.15, -0.1) is 0 Å². The van der Waals surface area contributed by atoms with Crippen LogP contribution in [0.25, 0.3) is 0 Å². The molecule has 0 aromatic heterocycles. The summed E-state index contributed by atoms with van der Waals surface area (Å²) in [5, 5.41) is 0.